The molecule has 142 valence electrons. The molecule has 0 bridgehead atoms. The molecule has 0 aromatic heterocycles. The number of nitrogens with zero attached hydrogens (tertiary/aromatic N) is 1. The van der Waals surface area contributed by atoms with Crippen molar-refractivity contribution >= 4 is 18.3 Å². The molecule has 4 nitrogen and oxygen atoms in total. The van der Waals surface area contributed by atoms with E-state index in [1.807, 2.05) is 11.9 Å². The van der Waals surface area contributed by atoms with Crippen LogP contribution < -0.4 is 5.73 Å². The van der Waals surface area contributed by atoms with Crippen molar-refractivity contribution in [2.75, 3.05) is 20.2 Å². The number of ether oxygens (including phenoxy) is 1. The SMILES string of the molecule is Cc1ccc(C2OCCCC2C(=O)N(C)CCC(N)C(C)C)cc1.Cl. The minimum atomic E-state index is -0.131. The number of nitrogens with two attached hydrogens (primary N) is 1. The van der Waals surface area contributed by atoms with Crippen LogP contribution in [0.25, 0.3) is 0 Å². The smallest absolute Gasteiger partial charge is 0.228 e. The Bertz CT molecular complexity index is 533. The molecule has 0 saturated carbocycles. The number of rotatable bonds is 6. The summed E-state index contributed by atoms with van der Waals surface area (Å²) in [6.07, 6.45) is 2.53. The molecule has 2 N–H and O–H groups in total. The predicted octanol–water partition coefficient (Wildman–Crippen LogP) is 3.72. The van der Waals surface area contributed by atoms with Gasteiger partial charge in [0.15, 0.2) is 0 Å². The molecular weight excluding hydrogens is 336 g/mol. The zero-order valence-corrected chi connectivity index (χ0v) is 16.7. The van der Waals surface area contributed by atoms with Crippen LogP contribution >= 0.6 is 12.4 Å². The summed E-state index contributed by atoms with van der Waals surface area (Å²) in [4.78, 5) is 14.8. The lowest BCUT2D eigenvalue weighted by atomic mass is 9.88. The van der Waals surface area contributed by atoms with Crippen molar-refractivity contribution in [2.45, 2.75) is 52.2 Å². The first-order valence-corrected chi connectivity index (χ1v) is 9.09. The van der Waals surface area contributed by atoms with Gasteiger partial charge in [-0.05, 0) is 37.7 Å². The number of aryl methyl sites for hydroxylation is 1. The van der Waals surface area contributed by atoms with E-state index in [1.165, 1.54) is 5.56 Å². The number of hydrogen-bond donors (Lipinski definition) is 1. The third-order valence-corrected chi connectivity index (χ3v) is 5.08. The number of carbonyl (C=O) groups is 1. The Kier molecular flexibility index (Phi) is 8.91. The Morgan fingerprint density at radius 3 is 2.56 bits per heavy atom. The van der Waals surface area contributed by atoms with Gasteiger partial charge in [-0.15, -0.1) is 12.4 Å². The number of carbonyl (C=O) groups excluding carboxylic acids is 1. The van der Waals surface area contributed by atoms with E-state index in [0.29, 0.717) is 12.5 Å². The van der Waals surface area contributed by atoms with Crippen LogP contribution in [0.2, 0.25) is 0 Å². The topological polar surface area (TPSA) is 55.6 Å². The van der Waals surface area contributed by atoms with Gasteiger partial charge in [-0.2, -0.15) is 0 Å². The molecule has 3 unspecified atom stereocenters. The lowest BCUT2D eigenvalue weighted by Gasteiger charge is -2.34. The van der Waals surface area contributed by atoms with Crippen molar-refractivity contribution in [3.8, 4) is 0 Å². The predicted molar refractivity (Wildman–Crippen MR) is 105 cm³/mol. The minimum absolute atomic E-state index is 0. The minimum Gasteiger partial charge on any atom is -0.373 e. The van der Waals surface area contributed by atoms with Gasteiger partial charge in [0.2, 0.25) is 5.91 Å². The summed E-state index contributed by atoms with van der Waals surface area (Å²) in [6, 6.07) is 8.47. The van der Waals surface area contributed by atoms with Crippen molar-refractivity contribution in [3.63, 3.8) is 0 Å². The standard InChI is InChI=1S/C20H32N2O2.ClH/c1-14(2)18(21)11-12-22(4)20(23)17-6-5-13-24-19(17)16-9-7-15(3)8-10-16;/h7-10,14,17-19H,5-6,11-13,21H2,1-4H3;1H. The summed E-state index contributed by atoms with van der Waals surface area (Å²) in [7, 11) is 1.89. The molecule has 1 aromatic carbocycles. The normalized spacial score (nSPS) is 21.5. The molecule has 1 saturated heterocycles. The number of hydrogen-bond acceptors (Lipinski definition) is 3. The van der Waals surface area contributed by atoms with Crippen molar-refractivity contribution in [2.24, 2.45) is 17.6 Å². The van der Waals surface area contributed by atoms with E-state index in [2.05, 4.69) is 45.0 Å². The maximum atomic E-state index is 12.9. The largest absolute Gasteiger partial charge is 0.373 e. The molecule has 1 amide bonds. The van der Waals surface area contributed by atoms with Gasteiger partial charge in [0.25, 0.3) is 0 Å². The fraction of sp³-hybridized carbons (Fsp3) is 0.650. The number of amides is 1. The van der Waals surface area contributed by atoms with E-state index in [9.17, 15) is 4.79 Å². The van der Waals surface area contributed by atoms with Gasteiger partial charge in [0, 0.05) is 26.2 Å². The van der Waals surface area contributed by atoms with Gasteiger partial charge in [-0.1, -0.05) is 43.7 Å². The van der Waals surface area contributed by atoms with E-state index in [-0.39, 0.29) is 36.4 Å². The third-order valence-electron chi connectivity index (χ3n) is 5.08. The highest BCUT2D eigenvalue weighted by Crippen LogP contribution is 2.35. The Morgan fingerprint density at radius 1 is 1.32 bits per heavy atom. The maximum absolute atomic E-state index is 12.9. The van der Waals surface area contributed by atoms with Crippen LogP contribution in [0.15, 0.2) is 24.3 Å². The Hall–Kier alpha value is -1.10. The molecule has 1 aliphatic heterocycles. The highest BCUT2D eigenvalue weighted by Gasteiger charge is 2.34. The molecule has 0 aliphatic carbocycles. The Balaban J connectivity index is 0.00000312. The summed E-state index contributed by atoms with van der Waals surface area (Å²) in [5, 5.41) is 0. The summed E-state index contributed by atoms with van der Waals surface area (Å²) in [5.74, 6) is 0.518. The monoisotopic (exact) mass is 368 g/mol. The molecular formula is C20H33ClN2O2. The van der Waals surface area contributed by atoms with E-state index < -0.39 is 0 Å². The quantitative estimate of drug-likeness (QED) is 0.832. The Labute approximate surface area is 158 Å². The highest BCUT2D eigenvalue weighted by atomic mass is 35.5. The third kappa shape index (κ3) is 5.98. The van der Waals surface area contributed by atoms with Gasteiger partial charge in [-0.3, -0.25) is 4.79 Å². The molecule has 0 spiro atoms. The fourth-order valence-corrected chi connectivity index (χ4v) is 3.19. The first-order chi connectivity index (χ1) is 11.4. The van der Waals surface area contributed by atoms with E-state index in [0.717, 1.165) is 31.4 Å². The van der Waals surface area contributed by atoms with Crippen LogP contribution in [0.3, 0.4) is 0 Å². The summed E-state index contributed by atoms with van der Waals surface area (Å²) >= 11 is 0. The van der Waals surface area contributed by atoms with Crippen molar-refractivity contribution in [1.82, 2.24) is 4.90 Å². The first kappa shape index (κ1) is 21.9. The van der Waals surface area contributed by atoms with Crippen LogP contribution in [0.5, 0.6) is 0 Å². The Morgan fingerprint density at radius 2 is 1.96 bits per heavy atom. The zero-order valence-electron chi connectivity index (χ0n) is 15.9. The highest BCUT2D eigenvalue weighted by molar-refractivity contribution is 5.85. The fourth-order valence-electron chi connectivity index (χ4n) is 3.19. The number of benzene rings is 1. The molecule has 3 atom stereocenters. The van der Waals surface area contributed by atoms with E-state index >= 15 is 0 Å². The van der Waals surface area contributed by atoms with Gasteiger partial charge in [0.05, 0.1) is 12.0 Å². The summed E-state index contributed by atoms with van der Waals surface area (Å²) < 4.78 is 5.98. The molecule has 1 aromatic rings. The lowest BCUT2D eigenvalue weighted by Crippen LogP contribution is -2.41. The van der Waals surface area contributed by atoms with Gasteiger partial charge < -0.3 is 15.4 Å². The molecule has 1 fully saturated rings. The van der Waals surface area contributed by atoms with Crippen LogP contribution in [-0.4, -0.2) is 37.0 Å². The maximum Gasteiger partial charge on any atom is 0.228 e. The first-order valence-electron chi connectivity index (χ1n) is 9.09. The molecule has 25 heavy (non-hydrogen) atoms. The average molecular weight is 369 g/mol. The van der Waals surface area contributed by atoms with E-state index in [1.54, 1.807) is 0 Å². The number of halogens is 1. The van der Waals surface area contributed by atoms with Gasteiger partial charge >= 0.3 is 0 Å². The van der Waals surface area contributed by atoms with Crippen LogP contribution in [-0.2, 0) is 9.53 Å². The molecule has 5 heteroatoms. The van der Waals surface area contributed by atoms with Crippen molar-refractivity contribution in [3.05, 3.63) is 35.4 Å². The summed E-state index contributed by atoms with van der Waals surface area (Å²) in [5.41, 5.74) is 8.44. The van der Waals surface area contributed by atoms with E-state index in [4.69, 9.17) is 10.5 Å². The zero-order chi connectivity index (χ0) is 17.7. The average Bonchev–Trinajstić information content (AvgIpc) is 2.59. The molecule has 0 radical (unpaired) electrons. The second kappa shape index (κ2) is 10.1. The molecule has 1 heterocycles. The van der Waals surface area contributed by atoms with Crippen LogP contribution in [0, 0.1) is 18.8 Å². The second-order valence-electron chi connectivity index (χ2n) is 7.41. The van der Waals surface area contributed by atoms with Gasteiger partial charge in [-0.25, -0.2) is 0 Å². The molecule has 2 rings (SSSR count). The summed E-state index contributed by atoms with van der Waals surface area (Å²) in [6.45, 7) is 7.74. The van der Waals surface area contributed by atoms with Crippen molar-refractivity contribution < 1.29 is 9.53 Å². The van der Waals surface area contributed by atoms with Crippen LogP contribution in [0.4, 0.5) is 0 Å². The lowest BCUT2D eigenvalue weighted by molar-refractivity contribution is -0.144. The second-order valence-corrected chi connectivity index (χ2v) is 7.41. The van der Waals surface area contributed by atoms with Gasteiger partial charge in [0.1, 0.15) is 0 Å². The molecule has 1 aliphatic rings. The van der Waals surface area contributed by atoms with Crippen LogP contribution in [0.1, 0.15) is 50.3 Å². The van der Waals surface area contributed by atoms with Crippen molar-refractivity contribution in [1.29, 1.82) is 0 Å².